The zero-order chi connectivity index (χ0) is 23.6. The number of fused-ring (bicyclic) bond motifs is 1. The quantitative estimate of drug-likeness (QED) is 0.589. The smallest absolute Gasteiger partial charge is 0.322 e. The van der Waals surface area contributed by atoms with E-state index in [1.807, 2.05) is 39.0 Å². The molecule has 174 valence electrons. The number of urea groups is 1. The minimum absolute atomic E-state index is 0.0338. The van der Waals surface area contributed by atoms with E-state index in [0.717, 1.165) is 10.9 Å². The Balaban J connectivity index is 1.64. The van der Waals surface area contributed by atoms with Crippen LogP contribution in [0, 0.1) is 11.7 Å². The maximum atomic E-state index is 13.4. The first-order valence-electron chi connectivity index (χ1n) is 10.9. The van der Waals surface area contributed by atoms with Crippen LogP contribution in [0.4, 0.5) is 14.9 Å². The van der Waals surface area contributed by atoms with Crippen molar-refractivity contribution in [3.8, 4) is 0 Å². The minimum atomic E-state index is -0.654. The highest BCUT2D eigenvalue weighted by Crippen LogP contribution is 2.29. The second-order valence-electron chi connectivity index (χ2n) is 8.77. The maximum absolute atomic E-state index is 13.4. The lowest BCUT2D eigenvalue weighted by molar-refractivity contribution is -0.263. The third kappa shape index (κ3) is 5.23. The van der Waals surface area contributed by atoms with Crippen molar-refractivity contribution in [2.24, 2.45) is 5.92 Å². The van der Waals surface area contributed by atoms with Gasteiger partial charge in [-0.15, -0.1) is 0 Å². The Morgan fingerprint density at radius 1 is 1.15 bits per heavy atom. The van der Waals surface area contributed by atoms with E-state index in [1.165, 1.54) is 24.3 Å². The molecule has 1 fully saturated rings. The molecule has 0 aliphatic carbocycles. The van der Waals surface area contributed by atoms with Gasteiger partial charge in [-0.25, -0.2) is 9.18 Å². The second kappa shape index (κ2) is 9.33. The molecule has 4 rings (SSSR count). The molecule has 2 heterocycles. The van der Waals surface area contributed by atoms with Gasteiger partial charge in [0, 0.05) is 29.7 Å². The lowest BCUT2D eigenvalue weighted by Crippen LogP contribution is -2.47. The zero-order valence-corrected chi connectivity index (χ0v) is 18.9. The van der Waals surface area contributed by atoms with Gasteiger partial charge in [0.15, 0.2) is 5.79 Å². The molecule has 33 heavy (non-hydrogen) atoms. The van der Waals surface area contributed by atoms with E-state index in [2.05, 4.69) is 10.3 Å². The summed E-state index contributed by atoms with van der Waals surface area (Å²) in [7, 11) is 0. The molecule has 8 heteroatoms. The number of nitrogens with zero attached hydrogens (tertiary/aromatic N) is 1. The summed E-state index contributed by atoms with van der Waals surface area (Å²) in [5.41, 5.74) is 1.12. The summed E-state index contributed by atoms with van der Waals surface area (Å²) >= 11 is 0. The fraction of sp³-hybridized carbons (Fsp3) is 0.360. The topological polar surface area (TPSA) is 83.7 Å². The number of ether oxygens (including phenoxy) is 2. The Morgan fingerprint density at radius 3 is 2.45 bits per heavy atom. The van der Waals surface area contributed by atoms with Gasteiger partial charge < -0.3 is 24.7 Å². The average Bonchev–Trinajstić information content (AvgIpc) is 2.80. The fourth-order valence-corrected chi connectivity index (χ4v) is 4.00. The van der Waals surface area contributed by atoms with Crippen molar-refractivity contribution < 1.29 is 18.7 Å². The number of halogens is 1. The van der Waals surface area contributed by atoms with E-state index >= 15 is 0 Å². The summed E-state index contributed by atoms with van der Waals surface area (Å²) in [6.07, 6.45) is 1.66. The van der Waals surface area contributed by atoms with Crippen LogP contribution in [-0.4, -0.2) is 41.5 Å². The predicted molar refractivity (Wildman–Crippen MR) is 125 cm³/mol. The number of aromatic nitrogens is 1. The highest BCUT2D eigenvalue weighted by molar-refractivity contribution is 5.90. The van der Waals surface area contributed by atoms with E-state index in [1.54, 1.807) is 17.2 Å². The van der Waals surface area contributed by atoms with Crippen molar-refractivity contribution in [2.75, 3.05) is 25.1 Å². The van der Waals surface area contributed by atoms with Gasteiger partial charge in [0.25, 0.3) is 5.56 Å². The number of nitrogens with one attached hydrogen (secondary N) is 2. The molecular weight excluding hydrogens is 425 g/mol. The number of hydrogen-bond donors (Lipinski definition) is 2. The normalized spacial score (nSPS) is 17.0. The molecule has 0 radical (unpaired) electrons. The molecular formula is C25H28FN3O4. The van der Waals surface area contributed by atoms with Crippen molar-refractivity contribution in [1.82, 2.24) is 9.88 Å². The lowest BCUT2D eigenvalue weighted by Gasteiger charge is -2.38. The van der Waals surface area contributed by atoms with Crippen molar-refractivity contribution in [2.45, 2.75) is 32.6 Å². The molecule has 0 spiro atoms. The fourth-order valence-electron chi connectivity index (χ4n) is 4.00. The van der Waals surface area contributed by atoms with Gasteiger partial charge in [-0.05, 0) is 62.1 Å². The Kier molecular flexibility index (Phi) is 6.49. The number of pyridine rings is 1. The van der Waals surface area contributed by atoms with Gasteiger partial charge in [-0.2, -0.15) is 0 Å². The van der Waals surface area contributed by atoms with Crippen molar-refractivity contribution in [3.05, 3.63) is 76.5 Å². The molecule has 2 N–H and O–H groups in total. The van der Waals surface area contributed by atoms with Crippen molar-refractivity contribution in [1.29, 1.82) is 0 Å². The van der Waals surface area contributed by atoms with Crippen LogP contribution in [0.5, 0.6) is 0 Å². The van der Waals surface area contributed by atoms with Crippen LogP contribution in [0.2, 0.25) is 0 Å². The number of aromatic amines is 1. The molecule has 1 aromatic heterocycles. The largest absolute Gasteiger partial charge is 0.350 e. The monoisotopic (exact) mass is 453 g/mol. The number of carbonyl (C=O) groups is 1. The molecule has 1 atom stereocenters. The van der Waals surface area contributed by atoms with E-state index in [0.29, 0.717) is 30.8 Å². The third-order valence-electron chi connectivity index (χ3n) is 5.90. The zero-order valence-electron chi connectivity index (χ0n) is 18.9. The molecule has 1 aliphatic heterocycles. The molecule has 0 bridgehead atoms. The molecule has 1 saturated heterocycles. The van der Waals surface area contributed by atoms with Crippen LogP contribution < -0.4 is 10.9 Å². The molecule has 1 aliphatic rings. The summed E-state index contributed by atoms with van der Waals surface area (Å²) in [6.45, 7) is 6.91. The molecule has 2 aromatic carbocycles. The first-order valence-corrected chi connectivity index (χ1v) is 10.9. The van der Waals surface area contributed by atoms with Gasteiger partial charge in [0.1, 0.15) is 5.82 Å². The highest BCUT2D eigenvalue weighted by atomic mass is 19.1. The first-order chi connectivity index (χ1) is 15.7. The maximum Gasteiger partial charge on any atom is 0.322 e. The van der Waals surface area contributed by atoms with Crippen molar-refractivity contribution >= 4 is 22.5 Å². The predicted octanol–water partition coefficient (Wildman–Crippen LogP) is 4.66. The summed E-state index contributed by atoms with van der Waals surface area (Å²) in [5, 5.41) is 4.20. The summed E-state index contributed by atoms with van der Waals surface area (Å²) < 4.78 is 24.9. The van der Waals surface area contributed by atoms with Crippen LogP contribution in [0.25, 0.3) is 10.8 Å². The Morgan fingerprint density at radius 2 is 1.79 bits per heavy atom. The average molecular weight is 454 g/mol. The summed E-state index contributed by atoms with van der Waals surface area (Å²) in [6, 6.07) is 12.2. The van der Waals surface area contributed by atoms with Crippen LogP contribution in [0.1, 0.15) is 32.4 Å². The Labute approximate surface area is 191 Å². The van der Waals surface area contributed by atoms with E-state index < -0.39 is 5.79 Å². The van der Waals surface area contributed by atoms with Gasteiger partial charge >= 0.3 is 6.03 Å². The SMILES string of the molecule is C[C@@H](c1c[nH]c(=O)c2ccccc12)N(CC1COC(C)(C)OC1)C(=O)Nc1ccc(F)cc1. The number of anilines is 1. The van der Waals surface area contributed by atoms with Crippen LogP contribution >= 0.6 is 0 Å². The standard InChI is InChI=1S/C25H28FN3O4/c1-16(22-12-27-23(30)21-7-5-4-6-20(21)22)29(13-17-14-32-25(2,3)33-15-17)24(31)28-19-10-8-18(26)9-11-19/h4-12,16-17H,13-15H2,1-3H3,(H,27,30)(H,28,31)/t16-/m0/s1. The second-order valence-corrected chi connectivity index (χ2v) is 8.77. The van der Waals surface area contributed by atoms with Crippen LogP contribution in [0.15, 0.2) is 59.5 Å². The number of rotatable bonds is 5. The molecule has 2 amide bonds. The number of carbonyl (C=O) groups excluding carboxylic acids is 1. The minimum Gasteiger partial charge on any atom is -0.350 e. The molecule has 0 saturated carbocycles. The van der Waals surface area contributed by atoms with E-state index in [-0.39, 0.29) is 29.4 Å². The highest BCUT2D eigenvalue weighted by Gasteiger charge is 2.32. The number of benzene rings is 2. The first kappa shape index (κ1) is 22.9. The number of H-pyrrole nitrogens is 1. The van der Waals surface area contributed by atoms with Gasteiger partial charge in [0.2, 0.25) is 0 Å². The summed E-state index contributed by atoms with van der Waals surface area (Å²) in [5.74, 6) is -1.07. The van der Waals surface area contributed by atoms with E-state index in [9.17, 15) is 14.0 Å². The summed E-state index contributed by atoms with van der Waals surface area (Å²) in [4.78, 5) is 30.2. The molecule has 0 unspecified atom stereocenters. The van der Waals surface area contributed by atoms with Crippen molar-refractivity contribution in [3.63, 3.8) is 0 Å². The van der Waals surface area contributed by atoms with Gasteiger partial charge in [-0.1, -0.05) is 18.2 Å². The molecule has 7 nitrogen and oxygen atoms in total. The number of amides is 2. The van der Waals surface area contributed by atoms with Gasteiger partial charge in [0.05, 0.1) is 19.3 Å². The van der Waals surface area contributed by atoms with Crippen LogP contribution in [-0.2, 0) is 9.47 Å². The lowest BCUT2D eigenvalue weighted by atomic mass is 10.00. The molecule has 3 aromatic rings. The van der Waals surface area contributed by atoms with E-state index in [4.69, 9.17) is 9.47 Å². The Bertz CT molecular complexity index is 1180. The third-order valence-corrected chi connectivity index (χ3v) is 5.90. The Hall–Kier alpha value is -3.23. The van der Waals surface area contributed by atoms with Gasteiger partial charge in [-0.3, -0.25) is 4.79 Å². The number of hydrogen-bond acceptors (Lipinski definition) is 4. The van der Waals surface area contributed by atoms with Crippen LogP contribution in [0.3, 0.4) is 0 Å².